The summed E-state index contributed by atoms with van der Waals surface area (Å²) in [4.78, 5) is 2.76. The molecule has 0 unspecified atom stereocenters. The van der Waals surface area contributed by atoms with Crippen molar-refractivity contribution in [3.63, 3.8) is 0 Å². The second-order valence-corrected chi connectivity index (χ2v) is 6.77. The SMILES string of the molecule is Cc1cc(Br)cnc1NS(=O)(=O)c1c(F)cc(N)cc1F. The highest BCUT2D eigenvalue weighted by molar-refractivity contribution is 9.10. The number of nitrogen functional groups attached to an aromatic ring is 1. The second kappa shape index (κ2) is 5.57. The molecule has 1 aromatic heterocycles. The Hall–Kier alpha value is -1.74. The summed E-state index contributed by atoms with van der Waals surface area (Å²) in [5, 5.41) is 0. The van der Waals surface area contributed by atoms with Gasteiger partial charge in [-0.1, -0.05) is 0 Å². The van der Waals surface area contributed by atoms with Gasteiger partial charge in [-0.05, 0) is 46.6 Å². The normalized spacial score (nSPS) is 11.4. The van der Waals surface area contributed by atoms with Crippen molar-refractivity contribution in [3.8, 4) is 0 Å². The van der Waals surface area contributed by atoms with Crippen LogP contribution in [-0.2, 0) is 10.0 Å². The third kappa shape index (κ3) is 3.30. The molecule has 0 aliphatic rings. The topological polar surface area (TPSA) is 85.1 Å². The minimum absolute atomic E-state index is 0.0196. The van der Waals surface area contributed by atoms with Gasteiger partial charge in [-0.3, -0.25) is 4.72 Å². The zero-order chi connectivity index (χ0) is 15.8. The summed E-state index contributed by atoms with van der Waals surface area (Å²) in [6, 6.07) is 3.08. The molecule has 9 heteroatoms. The molecular weight excluding hydrogens is 368 g/mol. The number of nitrogens with two attached hydrogens (primary N) is 1. The molecule has 1 heterocycles. The number of pyridine rings is 1. The molecule has 5 nitrogen and oxygen atoms in total. The van der Waals surface area contributed by atoms with Crippen molar-refractivity contribution in [1.29, 1.82) is 0 Å². The maximum atomic E-state index is 13.7. The molecule has 0 aliphatic carbocycles. The van der Waals surface area contributed by atoms with Crippen molar-refractivity contribution < 1.29 is 17.2 Å². The van der Waals surface area contributed by atoms with Gasteiger partial charge in [0.1, 0.15) is 17.5 Å². The smallest absolute Gasteiger partial charge is 0.268 e. The van der Waals surface area contributed by atoms with E-state index in [1.165, 1.54) is 6.20 Å². The lowest BCUT2D eigenvalue weighted by molar-refractivity contribution is 0.522. The molecule has 0 saturated carbocycles. The summed E-state index contributed by atoms with van der Waals surface area (Å²) in [6.07, 6.45) is 1.36. The van der Waals surface area contributed by atoms with Crippen LogP contribution in [-0.4, -0.2) is 13.4 Å². The summed E-state index contributed by atoms with van der Waals surface area (Å²) >= 11 is 3.18. The van der Waals surface area contributed by atoms with E-state index in [1.54, 1.807) is 13.0 Å². The number of anilines is 2. The summed E-state index contributed by atoms with van der Waals surface area (Å²) in [5.74, 6) is -2.56. The molecule has 0 radical (unpaired) electrons. The molecule has 0 amide bonds. The first-order valence-corrected chi connectivity index (χ1v) is 7.88. The largest absolute Gasteiger partial charge is 0.399 e. The maximum Gasteiger partial charge on any atom is 0.268 e. The van der Waals surface area contributed by atoms with Crippen LogP contribution in [0.1, 0.15) is 5.56 Å². The predicted octanol–water partition coefficient (Wildman–Crippen LogP) is 2.81. The molecule has 0 bridgehead atoms. The average Bonchev–Trinajstić information content (AvgIpc) is 2.30. The summed E-state index contributed by atoms with van der Waals surface area (Å²) in [5.41, 5.74) is 5.54. The highest BCUT2D eigenvalue weighted by atomic mass is 79.9. The van der Waals surface area contributed by atoms with E-state index in [0.717, 1.165) is 12.1 Å². The molecule has 3 N–H and O–H groups in total. The van der Waals surface area contributed by atoms with Crippen molar-refractivity contribution in [1.82, 2.24) is 4.98 Å². The predicted molar refractivity (Wildman–Crippen MR) is 78.3 cm³/mol. The fourth-order valence-electron chi connectivity index (χ4n) is 1.66. The van der Waals surface area contributed by atoms with Crippen LogP contribution in [0.5, 0.6) is 0 Å². The monoisotopic (exact) mass is 377 g/mol. The van der Waals surface area contributed by atoms with E-state index in [4.69, 9.17) is 5.73 Å². The third-order valence-electron chi connectivity index (χ3n) is 2.57. The highest BCUT2D eigenvalue weighted by Crippen LogP contribution is 2.25. The number of sulfonamides is 1. The molecule has 2 aromatic rings. The number of nitrogens with zero attached hydrogens (tertiary/aromatic N) is 1. The fourth-order valence-corrected chi connectivity index (χ4v) is 3.31. The maximum absolute atomic E-state index is 13.7. The zero-order valence-electron chi connectivity index (χ0n) is 10.7. The average molecular weight is 378 g/mol. The first-order valence-electron chi connectivity index (χ1n) is 5.60. The van der Waals surface area contributed by atoms with E-state index in [-0.39, 0.29) is 11.5 Å². The number of aromatic nitrogens is 1. The summed E-state index contributed by atoms with van der Waals surface area (Å²) < 4.78 is 54.3. The lowest BCUT2D eigenvalue weighted by Crippen LogP contribution is -2.18. The van der Waals surface area contributed by atoms with Crippen LogP contribution in [0.25, 0.3) is 0 Å². The lowest BCUT2D eigenvalue weighted by atomic mass is 10.3. The van der Waals surface area contributed by atoms with E-state index in [0.29, 0.717) is 10.0 Å². The summed E-state index contributed by atoms with van der Waals surface area (Å²) in [6.45, 7) is 1.60. The Bertz CT molecular complexity index is 789. The molecule has 0 fully saturated rings. The Kier molecular flexibility index (Phi) is 4.15. The van der Waals surface area contributed by atoms with Gasteiger partial charge >= 0.3 is 0 Å². The van der Waals surface area contributed by atoms with Crippen molar-refractivity contribution >= 4 is 37.5 Å². The van der Waals surface area contributed by atoms with Crippen LogP contribution >= 0.6 is 15.9 Å². The van der Waals surface area contributed by atoms with Crippen molar-refractivity contribution in [2.45, 2.75) is 11.8 Å². The van der Waals surface area contributed by atoms with Crippen LogP contribution in [0.15, 0.2) is 33.8 Å². The quantitative estimate of drug-likeness (QED) is 0.805. The van der Waals surface area contributed by atoms with Crippen molar-refractivity contribution in [3.05, 3.63) is 46.1 Å². The van der Waals surface area contributed by atoms with Gasteiger partial charge in [0.15, 0.2) is 4.90 Å². The molecule has 0 saturated heterocycles. The van der Waals surface area contributed by atoms with Gasteiger partial charge in [0.2, 0.25) is 0 Å². The first kappa shape index (κ1) is 15.6. The number of hydrogen-bond acceptors (Lipinski definition) is 4. The zero-order valence-corrected chi connectivity index (χ0v) is 13.1. The van der Waals surface area contributed by atoms with Crippen molar-refractivity contribution in [2.24, 2.45) is 0 Å². The Balaban J connectivity index is 2.48. The Labute approximate surface area is 128 Å². The minimum atomic E-state index is -4.46. The Morgan fingerprint density at radius 2 is 1.81 bits per heavy atom. The molecule has 1 aromatic carbocycles. The van der Waals surface area contributed by atoms with Gasteiger partial charge in [0.25, 0.3) is 10.0 Å². The molecule has 112 valence electrons. The van der Waals surface area contributed by atoms with E-state index in [1.807, 2.05) is 0 Å². The summed E-state index contributed by atoms with van der Waals surface area (Å²) in [7, 11) is -4.46. The second-order valence-electron chi connectivity index (χ2n) is 4.24. The number of benzene rings is 1. The molecule has 2 rings (SSSR count). The van der Waals surface area contributed by atoms with E-state index >= 15 is 0 Å². The van der Waals surface area contributed by atoms with Crippen molar-refractivity contribution in [2.75, 3.05) is 10.5 Å². The molecular formula is C12H10BrF2N3O2S. The third-order valence-corrected chi connectivity index (χ3v) is 4.39. The van der Waals surface area contributed by atoms with E-state index < -0.39 is 26.6 Å². The van der Waals surface area contributed by atoms with Crippen LogP contribution in [0.2, 0.25) is 0 Å². The van der Waals surface area contributed by atoms with E-state index in [9.17, 15) is 17.2 Å². The van der Waals surface area contributed by atoms with Gasteiger partial charge in [-0.15, -0.1) is 0 Å². The lowest BCUT2D eigenvalue weighted by Gasteiger charge is -2.11. The van der Waals surface area contributed by atoms with Crippen LogP contribution in [0, 0.1) is 18.6 Å². The van der Waals surface area contributed by atoms with Gasteiger partial charge in [-0.2, -0.15) is 0 Å². The first-order chi connectivity index (χ1) is 9.70. The van der Waals surface area contributed by atoms with Crippen LogP contribution in [0.4, 0.5) is 20.3 Å². The highest BCUT2D eigenvalue weighted by Gasteiger charge is 2.25. The standard InChI is InChI=1S/C12H10BrF2N3O2S/c1-6-2-7(13)5-17-12(6)18-21(19,20)11-9(14)3-8(16)4-10(11)15/h2-5H,16H2,1H3,(H,17,18). The molecule has 0 spiro atoms. The van der Waals surface area contributed by atoms with Gasteiger partial charge in [0, 0.05) is 16.4 Å². The number of halogens is 3. The molecule has 0 aliphatic heterocycles. The fraction of sp³-hybridized carbons (Fsp3) is 0.0833. The number of hydrogen-bond donors (Lipinski definition) is 2. The van der Waals surface area contributed by atoms with Crippen LogP contribution < -0.4 is 10.5 Å². The van der Waals surface area contributed by atoms with Gasteiger partial charge in [-0.25, -0.2) is 22.2 Å². The minimum Gasteiger partial charge on any atom is -0.399 e. The molecule has 21 heavy (non-hydrogen) atoms. The number of nitrogens with one attached hydrogen (secondary N) is 1. The van der Waals surface area contributed by atoms with E-state index in [2.05, 4.69) is 25.6 Å². The Morgan fingerprint density at radius 1 is 1.24 bits per heavy atom. The number of aryl methyl sites for hydroxylation is 1. The van der Waals surface area contributed by atoms with Gasteiger partial charge in [0.05, 0.1) is 0 Å². The van der Waals surface area contributed by atoms with Crippen LogP contribution in [0.3, 0.4) is 0 Å². The number of rotatable bonds is 3. The molecule has 0 atom stereocenters. The van der Waals surface area contributed by atoms with Gasteiger partial charge < -0.3 is 5.73 Å². The Morgan fingerprint density at radius 3 is 2.33 bits per heavy atom.